The minimum atomic E-state index is -0.451. The van der Waals surface area contributed by atoms with Gasteiger partial charge in [0.25, 0.3) is 0 Å². The normalized spacial score (nSPS) is 10.5. The molecule has 0 aliphatic carbocycles. The molecular weight excluding hydrogens is 326 g/mol. The fourth-order valence-corrected chi connectivity index (χ4v) is 2.63. The fraction of sp³-hybridized carbons (Fsp3) is 0. The van der Waals surface area contributed by atoms with Crippen molar-refractivity contribution in [2.75, 3.05) is 0 Å². The molecule has 126 valence electrons. The van der Waals surface area contributed by atoms with E-state index >= 15 is 0 Å². The van der Waals surface area contributed by atoms with E-state index < -0.39 is 5.97 Å². The van der Waals surface area contributed by atoms with E-state index in [9.17, 15) is 4.79 Å². The molecule has 0 unspecified atom stereocenters. The first-order chi connectivity index (χ1) is 12.8. The number of rotatable bonds is 4. The molecule has 0 saturated carbocycles. The molecule has 0 radical (unpaired) electrons. The molecule has 0 fully saturated rings. The Morgan fingerprint density at radius 1 is 0.731 bits per heavy atom. The molecule has 0 amide bonds. The first-order valence-corrected chi connectivity index (χ1v) is 8.19. The third-order valence-electron chi connectivity index (χ3n) is 3.83. The molecule has 0 bridgehead atoms. The Morgan fingerprint density at radius 2 is 1.35 bits per heavy atom. The smallest absolute Gasteiger partial charge is 0.344 e. The van der Waals surface area contributed by atoms with Gasteiger partial charge in [-0.05, 0) is 30.3 Å². The van der Waals surface area contributed by atoms with Gasteiger partial charge >= 0.3 is 5.97 Å². The van der Waals surface area contributed by atoms with Crippen molar-refractivity contribution in [1.29, 1.82) is 0 Å². The Hall–Kier alpha value is -3.66. The molecule has 0 saturated heterocycles. The molecule has 4 heteroatoms. The van der Waals surface area contributed by atoms with Crippen LogP contribution in [0.3, 0.4) is 0 Å². The lowest BCUT2D eigenvalue weighted by Gasteiger charge is -2.10. The lowest BCUT2D eigenvalue weighted by atomic mass is 10.1. The zero-order valence-electron chi connectivity index (χ0n) is 13.8. The summed E-state index contributed by atoms with van der Waals surface area (Å²) in [6, 6.07) is 27.3. The number of carbonyl (C=O) groups is 1. The SMILES string of the molecule is O=C(Oc1ccccc1)c1cc(Oc2ccccc2)nc2ccccc12. The third kappa shape index (κ3) is 3.39. The number of aromatic nitrogens is 1. The maximum absolute atomic E-state index is 12.7. The lowest BCUT2D eigenvalue weighted by Crippen LogP contribution is -2.10. The molecule has 1 heterocycles. The summed E-state index contributed by atoms with van der Waals surface area (Å²) in [6.45, 7) is 0. The summed E-state index contributed by atoms with van der Waals surface area (Å²) in [5, 5.41) is 0.717. The van der Waals surface area contributed by atoms with E-state index in [-0.39, 0.29) is 0 Å². The predicted octanol–water partition coefficient (Wildman–Crippen LogP) is 5.25. The van der Waals surface area contributed by atoms with Crippen LogP contribution in [0.1, 0.15) is 10.4 Å². The van der Waals surface area contributed by atoms with Gasteiger partial charge in [-0.3, -0.25) is 0 Å². The van der Waals surface area contributed by atoms with Crippen LogP contribution < -0.4 is 9.47 Å². The van der Waals surface area contributed by atoms with Crippen LogP contribution in [0, 0.1) is 0 Å². The Labute approximate surface area is 150 Å². The van der Waals surface area contributed by atoms with Crippen LogP contribution in [0.2, 0.25) is 0 Å². The Bertz CT molecular complexity index is 1050. The highest BCUT2D eigenvalue weighted by Crippen LogP contribution is 2.26. The minimum absolute atomic E-state index is 0.343. The van der Waals surface area contributed by atoms with E-state index in [1.165, 1.54) is 0 Å². The van der Waals surface area contributed by atoms with Crippen LogP contribution in [-0.4, -0.2) is 11.0 Å². The number of hydrogen-bond donors (Lipinski definition) is 0. The van der Waals surface area contributed by atoms with Crippen molar-refractivity contribution in [2.45, 2.75) is 0 Å². The van der Waals surface area contributed by atoms with Crippen molar-refractivity contribution in [3.05, 3.63) is 96.6 Å². The molecule has 4 aromatic rings. The largest absolute Gasteiger partial charge is 0.439 e. The highest BCUT2D eigenvalue weighted by atomic mass is 16.5. The first-order valence-electron chi connectivity index (χ1n) is 8.19. The third-order valence-corrected chi connectivity index (χ3v) is 3.83. The van der Waals surface area contributed by atoms with Gasteiger partial charge in [0.05, 0.1) is 11.1 Å². The number of fused-ring (bicyclic) bond motifs is 1. The summed E-state index contributed by atoms with van der Waals surface area (Å²) < 4.78 is 11.3. The average molecular weight is 341 g/mol. The molecular formula is C22H15NO3. The second-order valence-electron chi connectivity index (χ2n) is 5.64. The molecule has 1 aromatic heterocycles. The Kier molecular flexibility index (Phi) is 4.31. The quantitative estimate of drug-likeness (QED) is 0.376. The summed E-state index contributed by atoms with van der Waals surface area (Å²) in [4.78, 5) is 17.2. The highest BCUT2D eigenvalue weighted by Gasteiger charge is 2.16. The summed E-state index contributed by atoms with van der Waals surface area (Å²) >= 11 is 0. The number of ether oxygens (including phenoxy) is 2. The molecule has 0 aliphatic heterocycles. The van der Waals surface area contributed by atoms with Crippen LogP contribution in [0.25, 0.3) is 10.9 Å². The second-order valence-corrected chi connectivity index (χ2v) is 5.64. The van der Waals surface area contributed by atoms with Crippen LogP contribution >= 0.6 is 0 Å². The molecule has 4 rings (SSSR count). The van der Waals surface area contributed by atoms with Crippen LogP contribution in [-0.2, 0) is 0 Å². The maximum Gasteiger partial charge on any atom is 0.344 e. The van der Waals surface area contributed by atoms with Gasteiger partial charge in [-0.25, -0.2) is 9.78 Å². The highest BCUT2D eigenvalue weighted by molar-refractivity contribution is 6.04. The Morgan fingerprint density at radius 3 is 2.08 bits per heavy atom. The maximum atomic E-state index is 12.7. The molecule has 0 aliphatic rings. The number of hydrogen-bond acceptors (Lipinski definition) is 4. The van der Waals surface area contributed by atoms with Crippen molar-refractivity contribution in [2.24, 2.45) is 0 Å². The number of pyridine rings is 1. The van der Waals surface area contributed by atoms with E-state index in [0.717, 1.165) is 0 Å². The number of para-hydroxylation sites is 3. The number of esters is 1. The van der Waals surface area contributed by atoms with Gasteiger partial charge in [0.2, 0.25) is 5.88 Å². The number of nitrogens with zero attached hydrogens (tertiary/aromatic N) is 1. The van der Waals surface area contributed by atoms with E-state index in [0.29, 0.717) is 33.8 Å². The fourth-order valence-electron chi connectivity index (χ4n) is 2.63. The van der Waals surface area contributed by atoms with Crippen LogP contribution in [0.4, 0.5) is 0 Å². The molecule has 0 atom stereocenters. The van der Waals surface area contributed by atoms with Gasteiger partial charge < -0.3 is 9.47 Å². The van der Waals surface area contributed by atoms with Gasteiger partial charge in [-0.2, -0.15) is 0 Å². The van der Waals surface area contributed by atoms with Crippen LogP contribution in [0.5, 0.6) is 17.4 Å². The lowest BCUT2D eigenvalue weighted by molar-refractivity contribution is 0.0736. The average Bonchev–Trinajstić information content (AvgIpc) is 2.69. The standard InChI is InChI=1S/C22H15NO3/c24-22(26-17-11-5-2-6-12-17)19-15-21(25-16-9-3-1-4-10-16)23-20-14-8-7-13-18(19)20/h1-15H. The van der Waals surface area contributed by atoms with Crippen molar-refractivity contribution in [1.82, 2.24) is 4.98 Å². The zero-order valence-corrected chi connectivity index (χ0v) is 13.8. The van der Waals surface area contributed by atoms with Gasteiger partial charge in [-0.15, -0.1) is 0 Å². The van der Waals surface area contributed by atoms with Gasteiger partial charge in [0.1, 0.15) is 11.5 Å². The van der Waals surface area contributed by atoms with Gasteiger partial charge in [0.15, 0.2) is 0 Å². The molecule has 3 aromatic carbocycles. The van der Waals surface area contributed by atoms with Crippen molar-refractivity contribution >= 4 is 16.9 Å². The topological polar surface area (TPSA) is 48.4 Å². The Balaban J connectivity index is 1.73. The first kappa shape index (κ1) is 15.8. The van der Waals surface area contributed by atoms with Crippen molar-refractivity contribution in [3.63, 3.8) is 0 Å². The minimum Gasteiger partial charge on any atom is -0.439 e. The molecule has 0 N–H and O–H groups in total. The molecule has 0 spiro atoms. The zero-order chi connectivity index (χ0) is 17.8. The summed E-state index contributed by atoms with van der Waals surface area (Å²) in [5.41, 5.74) is 1.08. The van der Waals surface area contributed by atoms with E-state index in [2.05, 4.69) is 4.98 Å². The van der Waals surface area contributed by atoms with E-state index in [1.54, 1.807) is 18.2 Å². The predicted molar refractivity (Wildman–Crippen MR) is 99.7 cm³/mol. The number of benzene rings is 3. The van der Waals surface area contributed by atoms with Crippen molar-refractivity contribution < 1.29 is 14.3 Å². The monoisotopic (exact) mass is 341 g/mol. The van der Waals surface area contributed by atoms with Crippen LogP contribution in [0.15, 0.2) is 91.0 Å². The summed E-state index contributed by atoms with van der Waals surface area (Å²) in [5.74, 6) is 1.03. The molecule has 4 nitrogen and oxygen atoms in total. The summed E-state index contributed by atoms with van der Waals surface area (Å²) in [7, 11) is 0. The van der Waals surface area contributed by atoms with E-state index in [1.807, 2.05) is 72.8 Å². The van der Waals surface area contributed by atoms with Crippen molar-refractivity contribution in [3.8, 4) is 17.4 Å². The van der Waals surface area contributed by atoms with Gasteiger partial charge in [-0.1, -0.05) is 54.6 Å². The number of carbonyl (C=O) groups excluding carboxylic acids is 1. The molecule has 26 heavy (non-hydrogen) atoms. The second kappa shape index (κ2) is 7.07. The van der Waals surface area contributed by atoms with E-state index in [4.69, 9.17) is 9.47 Å². The van der Waals surface area contributed by atoms with Gasteiger partial charge in [0, 0.05) is 11.5 Å². The summed E-state index contributed by atoms with van der Waals surface area (Å²) in [6.07, 6.45) is 0.